The Bertz CT molecular complexity index is 283. The average Bonchev–Trinajstić information content (AvgIpc) is 2.13. The molecule has 5 nitrogen and oxygen atoms in total. The zero-order valence-electron chi connectivity index (χ0n) is 9.13. The number of aliphatic imine (C=N–C) groups is 1. The van der Waals surface area contributed by atoms with Gasteiger partial charge < -0.3 is 20.0 Å². The van der Waals surface area contributed by atoms with Gasteiger partial charge in [-0.2, -0.15) is 0 Å². The molecule has 0 radical (unpaired) electrons. The van der Waals surface area contributed by atoms with Crippen LogP contribution in [0.3, 0.4) is 0 Å². The van der Waals surface area contributed by atoms with Crippen LogP contribution in [0.25, 0.3) is 0 Å². The molecule has 0 aliphatic carbocycles. The summed E-state index contributed by atoms with van der Waals surface area (Å²) in [5, 5.41) is 0. The molecule has 4 N–H and O–H groups in total. The lowest BCUT2D eigenvalue weighted by molar-refractivity contribution is 0.233. The van der Waals surface area contributed by atoms with Crippen LogP contribution in [0.2, 0.25) is 0 Å². The van der Waals surface area contributed by atoms with Gasteiger partial charge in [0.25, 0.3) is 0 Å². The second kappa shape index (κ2) is 6.93. The monoisotopic (exact) mass is 234 g/mol. The van der Waals surface area contributed by atoms with Crippen LogP contribution >= 0.6 is 7.57 Å². The van der Waals surface area contributed by atoms with Crippen molar-refractivity contribution in [3.8, 4) is 0 Å². The third-order valence-electron chi connectivity index (χ3n) is 1.59. The first-order valence-electron chi connectivity index (χ1n) is 4.62. The Kier molecular flexibility index (Phi) is 6.72. The molecule has 0 saturated heterocycles. The van der Waals surface area contributed by atoms with Crippen LogP contribution in [0.5, 0.6) is 0 Å². The minimum atomic E-state index is -3.42. The van der Waals surface area contributed by atoms with E-state index in [1.54, 1.807) is 6.21 Å². The zero-order chi connectivity index (χ0) is 11.9. The van der Waals surface area contributed by atoms with Crippen molar-refractivity contribution in [3.63, 3.8) is 0 Å². The van der Waals surface area contributed by atoms with Crippen molar-refractivity contribution in [2.75, 3.05) is 6.61 Å². The molecule has 6 heteroatoms. The maximum atomic E-state index is 8.89. The molecule has 1 atom stereocenters. The van der Waals surface area contributed by atoms with Crippen LogP contribution in [0.15, 0.2) is 16.8 Å². The Hall–Kier alpha value is -0.450. The minimum Gasteiger partial charge on any atom is -0.333 e. The van der Waals surface area contributed by atoms with E-state index in [4.69, 9.17) is 20.0 Å². The third-order valence-corrected chi connectivity index (χ3v) is 2.16. The van der Waals surface area contributed by atoms with Gasteiger partial charge in [0, 0.05) is 24.4 Å². The van der Waals surface area contributed by atoms with Gasteiger partial charge in [-0.15, -0.1) is 0 Å². The standard InChI is InChI=1S/C9H19N2O3P/c1-4-9(11-5-2)6-8(10)7-14-15(3,12)13/h4-5,8,12-13H,3,6-7,10H2,1-2H3/b9-4-,11-5?/t8-/m0/s1. The lowest BCUT2D eigenvalue weighted by atomic mass is 10.2. The summed E-state index contributed by atoms with van der Waals surface area (Å²) in [6.07, 6.45) is 7.14. The van der Waals surface area contributed by atoms with Crippen molar-refractivity contribution in [3.05, 3.63) is 11.8 Å². The third kappa shape index (κ3) is 8.54. The van der Waals surface area contributed by atoms with Crippen LogP contribution in [0.1, 0.15) is 20.3 Å². The summed E-state index contributed by atoms with van der Waals surface area (Å²) in [7, 11) is -3.42. The molecule has 0 aromatic carbocycles. The normalized spacial score (nSPS) is 15.9. The van der Waals surface area contributed by atoms with Crippen molar-refractivity contribution in [1.82, 2.24) is 0 Å². The van der Waals surface area contributed by atoms with Crippen LogP contribution in [-0.4, -0.2) is 34.9 Å². The van der Waals surface area contributed by atoms with Crippen molar-refractivity contribution < 1.29 is 14.3 Å². The highest BCUT2D eigenvalue weighted by Gasteiger charge is 2.10. The molecule has 0 fully saturated rings. The van der Waals surface area contributed by atoms with E-state index in [1.807, 2.05) is 19.9 Å². The molecule has 0 aliphatic heterocycles. The molecular formula is C9H19N2O3P. The van der Waals surface area contributed by atoms with Gasteiger partial charge >= 0.3 is 0 Å². The maximum Gasteiger partial charge on any atom is 0.245 e. The largest absolute Gasteiger partial charge is 0.333 e. The van der Waals surface area contributed by atoms with Crippen molar-refractivity contribution in [2.45, 2.75) is 26.3 Å². The Morgan fingerprint density at radius 3 is 2.60 bits per heavy atom. The van der Waals surface area contributed by atoms with Crippen molar-refractivity contribution in [1.29, 1.82) is 0 Å². The van der Waals surface area contributed by atoms with E-state index >= 15 is 0 Å². The highest BCUT2D eigenvalue weighted by Crippen LogP contribution is 2.35. The summed E-state index contributed by atoms with van der Waals surface area (Å²) < 4.78 is 4.72. The minimum absolute atomic E-state index is 0.0564. The molecule has 0 bridgehead atoms. The Morgan fingerprint density at radius 1 is 1.60 bits per heavy atom. The van der Waals surface area contributed by atoms with E-state index in [0.717, 1.165) is 5.70 Å². The average molecular weight is 234 g/mol. The van der Waals surface area contributed by atoms with Crippen LogP contribution in [-0.2, 0) is 4.52 Å². The van der Waals surface area contributed by atoms with Crippen LogP contribution in [0, 0.1) is 0 Å². The maximum absolute atomic E-state index is 8.89. The molecular weight excluding hydrogens is 215 g/mol. The van der Waals surface area contributed by atoms with E-state index in [1.165, 1.54) is 0 Å². The summed E-state index contributed by atoms with van der Waals surface area (Å²) in [4.78, 5) is 21.9. The van der Waals surface area contributed by atoms with E-state index in [2.05, 4.69) is 11.3 Å². The van der Waals surface area contributed by atoms with Gasteiger partial charge in [0.05, 0.1) is 6.61 Å². The molecule has 0 amide bonds. The predicted molar refractivity (Wildman–Crippen MR) is 64.9 cm³/mol. The number of allylic oxidation sites excluding steroid dienone is 1. The quantitative estimate of drug-likeness (QED) is 0.470. The first kappa shape index (κ1) is 14.6. The van der Waals surface area contributed by atoms with E-state index in [-0.39, 0.29) is 12.6 Å². The summed E-state index contributed by atoms with van der Waals surface area (Å²) >= 11 is 0. The molecule has 88 valence electrons. The Morgan fingerprint density at radius 2 is 2.20 bits per heavy atom. The molecule has 0 unspecified atom stereocenters. The van der Waals surface area contributed by atoms with Gasteiger partial charge in [-0.3, -0.25) is 4.99 Å². The Balaban J connectivity index is 4.03. The van der Waals surface area contributed by atoms with Gasteiger partial charge in [-0.25, -0.2) is 0 Å². The van der Waals surface area contributed by atoms with Gasteiger partial charge in [-0.05, 0) is 20.1 Å². The number of hydrogen-bond donors (Lipinski definition) is 3. The smallest absolute Gasteiger partial charge is 0.245 e. The van der Waals surface area contributed by atoms with Crippen molar-refractivity contribution in [2.24, 2.45) is 10.7 Å². The first-order chi connectivity index (χ1) is 6.89. The molecule has 0 aliphatic rings. The number of hydrogen-bond acceptors (Lipinski definition) is 5. The second-order valence-electron chi connectivity index (χ2n) is 3.09. The first-order valence-corrected chi connectivity index (χ1v) is 6.41. The van der Waals surface area contributed by atoms with Gasteiger partial charge in [0.2, 0.25) is 7.57 Å². The van der Waals surface area contributed by atoms with Crippen LogP contribution < -0.4 is 5.73 Å². The molecule has 0 rings (SSSR count). The summed E-state index contributed by atoms with van der Waals surface area (Å²) in [5.74, 6) is 0. The van der Waals surface area contributed by atoms with Gasteiger partial charge in [0.15, 0.2) is 0 Å². The fraction of sp³-hybridized carbons (Fsp3) is 0.556. The second-order valence-corrected chi connectivity index (χ2v) is 4.68. The molecule has 0 aromatic rings. The molecule has 0 heterocycles. The molecule has 0 saturated carbocycles. The van der Waals surface area contributed by atoms with Gasteiger partial charge in [-0.1, -0.05) is 6.08 Å². The Labute approximate surface area is 90.5 Å². The highest BCUT2D eigenvalue weighted by molar-refractivity contribution is 7.57. The molecule has 0 spiro atoms. The fourth-order valence-corrected chi connectivity index (χ4v) is 1.38. The van der Waals surface area contributed by atoms with Gasteiger partial charge in [0.1, 0.15) is 0 Å². The summed E-state index contributed by atoms with van der Waals surface area (Å²) in [6.45, 7) is 3.74. The number of nitrogens with two attached hydrogens (primary N) is 1. The lowest BCUT2D eigenvalue weighted by Gasteiger charge is -2.15. The predicted octanol–water partition coefficient (Wildman–Crippen LogP) is 0.894. The van der Waals surface area contributed by atoms with Crippen LogP contribution in [0.4, 0.5) is 0 Å². The summed E-state index contributed by atoms with van der Waals surface area (Å²) in [6, 6.07) is -0.319. The van der Waals surface area contributed by atoms with E-state index < -0.39 is 7.57 Å². The van der Waals surface area contributed by atoms with E-state index in [0.29, 0.717) is 6.42 Å². The molecule has 0 aromatic heterocycles. The fourth-order valence-electron chi connectivity index (χ4n) is 0.954. The number of nitrogens with zero attached hydrogens (tertiary/aromatic N) is 1. The lowest BCUT2D eigenvalue weighted by Crippen LogP contribution is -2.26. The van der Waals surface area contributed by atoms with Crippen molar-refractivity contribution >= 4 is 20.1 Å². The number of rotatable bonds is 6. The molecule has 15 heavy (non-hydrogen) atoms. The highest BCUT2D eigenvalue weighted by atomic mass is 31.2. The SMILES string of the molecule is C=P(O)(O)OC[C@@H](N)C/C(=C/C)N=CC. The van der Waals surface area contributed by atoms with E-state index in [9.17, 15) is 0 Å². The zero-order valence-corrected chi connectivity index (χ0v) is 10.0. The topological polar surface area (TPSA) is 88.1 Å². The summed E-state index contributed by atoms with van der Waals surface area (Å²) in [5.41, 5.74) is 6.56.